The zero-order valence-electron chi connectivity index (χ0n) is 16.8. The quantitative estimate of drug-likeness (QED) is 0.687. The lowest BCUT2D eigenvalue weighted by Gasteiger charge is -2.37. The van der Waals surface area contributed by atoms with E-state index in [0.29, 0.717) is 5.75 Å². The van der Waals surface area contributed by atoms with Gasteiger partial charge in [0.15, 0.2) is 11.5 Å². The molecule has 2 bridgehead atoms. The Morgan fingerprint density at radius 1 is 0.815 bits per heavy atom. The van der Waals surface area contributed by atoms with Crippen molar-refractivity contribution in [2.24, 2.45) is 17.8 Å². The third-order valence-electron chi connectivity index (χ3n) is 6.55. The lowest BCUT2D eigenvalue weighted by atomic mass is 9.93. The predicted molar refractivity (Wildman–Crippen MR) is 107 cm³/mol. The third kappa shape index (κ3) is 3.94. The molecule has 0 amide bonds. The van der Waals surface area contributed by atoms with Gasteiger partial charge in [0.05, 0.1) is 21.3 Å². The summed E-state index contributed by atoms with van der Waals surface area (Å²) in [4.78, 5) is 5.18. The first kappa shape index (κ1) is 18.6. The molecule has 0 unspecified atom stereocenters. The van der Waals surface area contributed by atoms with Crippen LogP contribution in [0.5, 0.6) is 17.2 Å². The molecule has 1 saturated heterocycles. The van der Waals surface area contributed by atoms with E-state index < -0.39 is 0 Å². The number of benzene rings is 1. The van der Waals surface area contributed by atoms with Crippen LogP contribution in [0.3, 0.4) is 0 Å². The molecule has 1 aliphatic heterocycles. The minimum Gasteiger partial charge on any atom is -0.496 e. The van der Waals surface area contributed by atoms with Crippen molar-refractivity contribution in [3.8, 4) is 17.2 Å². The smallest absolute Gasteiger partial charge is 0.164 e. The topological polar surface area (TPSA) is 34.2 Å². The van der Waals surface area contributed by atoms with Gasteiger partial charge in [0, 0.05) is 50.9 Å². The molecule has 5 nitrogen and oxygen atoms in total. The van der Waals surface area contributed by atoms with Crippen LogP contribution < -0.4 is 14.2 Å². The molecule has 27 heavy (non-hydrogen) atoms. The Hall–Kier alpha value is -1.72. The van der Waals surface area contributed by atoms with Crippen LogP contribution in [0.15, 0.2) is 24.3 Å². The number of hydrogen-bond acceptors (Lipinski definition) is 5. The van der Waals surface area contributed by atoms with Gasteiger partial charge in [-0.2, -0.15) is 0 Å². The van der Waals surface area contributed by atoms with Gasteiger partial charge in [-0.1, -0.05) is 12.2 Å². The molecule has 5 heteroatoms. The Balaban J connectivity index is 1.33. The number of allylic oxidation sites excluding steroid dienone is 2. The maximum Gasteiger partial charge on any atom is 0.164 e. The van der Waals surface area contributed by atoms with E-state index in [1.807, 2.05) is 12.1 Å². The predicted octanol–water partition coefficient (Wildman–Crippen LogP) is 3.04. The van der Waals surface area contributed by atoms with Crippen LogP contribution in [0.4, 0.5) is 0 Å². The van der Waals surface area contributed by atoms with Crippen LogP contribution in [0.25, 0.3) is 0 Å². The number of rotatable bonds is 7. The summed E-state index contributed by atoms with van der Waals surface area (Å²) in [6.07, 6.45) is 7.72. The summed E-state index contributed by atoms with van der Waals surface area (Å²) in [6, 6.07) is 3.97. The number of ether oxygens (including phenoxy) is 3. The summed E-state index contributed by atoms with van der Waals surface area (Å²) < 4.78 is 16.4. The minimum atomic E-state index is 0.711. The van der Waals surface area contributed by atoms with E-state index in [1.54, 1.807) is 21.3 Å². The van der Waals surface area contributed by atoms with E-state index in [1.165, 1.54) is 19.4 Å². The van der Waals surface area contributed by atoms with Crippen molar-refractivity contribution in [2.45, 2.75) is 19.4 Å². The monoisotopic (exact) mass is 372 g/mol. The van der Waals surface area contributed by atoms with Gasteiger partial charge in [-0.05, 0) is 36.7 Å². The number of nitrogens with zero attached hydrogens (tertiary/aromatic N) is 2. The van der Waals surface area contributed by atoms with Gasteiger partial charge in [-0.25, -0.2) is 0 Å². The van der Waals surface area contributed by atoms with E-state index in [4.69, 9.17) is 14.2 Å². The van der Waals surface area contributed by atoms with Crippen LogP contribution in [0.1, 0.15) is 18.4 Å². The van der Waals surface area contributed by atoms with Crippen LogP contribution in [0, 0.1) is 17.8 Å². The summed E-state index contributed by atoms with van der Waals surface area (Å²) in [5, 5.41) is 0. The molecule has 1 aromatic carbocycles. The first-order chi connectivity index (χ1) is 13.2. The molecule has 3 atom stereocenters. The zero-order valence-corrected chi connectivity index (χ0v) is 16.8. The second kappa shape index (κ2) is 8.11. The van der Waals surface area contributed by atoms with E-state index in [0.717, 1.165) is 67.5 Å². The van der Waals surface area contributed by atoms with Crippen molar-refractivity contribution in [1.82, 2.24) is 9.80 Å². The molecular formula is C22H32N2O3. The summed E-state index contributed by atoms with van der Waals surface area (Å²) >= 11 is 0. The largest absolute Gasteiger partial charge is 0.496 e. The highest BCUT2D eigenvalue weighted by Crippen LogP contribution is 2.43. The Morgan fingerprint density at radius 3 is 2.07 bits per heavy atom. The summed E-state index contributed by atoms with van der Waals surface area (Å²) in [5.74, 6) is 4.95. The number of methoxy groups -OCH3 is 3. The Labute approximate surface area is 162 Å². The maximum absolute atomic E-state index is 5.59. The Kier molecular flexibility index (Phi) is 5.60. The van der Waals surface area contributed by atoms with Crippen molar-refractivity contribution in [3.05, 3.63) is 29.8 Å². The lowest BCUT2D eigenvalue weighted by Crippen LogP contribution is -2.47. The molecule has 0 aromatic heterocycles. The highest BCUT2D eigenvalue weighted by molar-refractivity contribution is 5.50. The fourth-order valence-corrected chi connectivity index (χ4v) is 5.02. The van der Waals surface area contributed by atoms with Gasteiger partial charge >= 0.3 is 0 Å². The molecule has 0 N–H and O–H groups in total. The average molecular weight is 373 g/mol. The summed E-state index contributed by atoms with van der Waals surface area (Å²) in [5.41, 5.74) is 1.15. The lowest BCUT2D eigenvalue weighted by molar-refractivity contribution is 0.108. The van der Waals surface area contributed by atoms with Gasteiger partial charge in [0.25, 0.3) is 0 Å². The SMILES string of the molecule is COc1cc(OC)c(OC)cc1CN1CCN(C[C@H]2C[C@@H]3C=C[C@H]2C3)CC1. The molecule has 4 rings (SSSR count). The number of piperazine rings is 1. The summed E-state index contributed by atoms with van der Waals surface area (Å²) in [6.45, 7) is 6.69. The molecule has 1 saturated carbocycles. The fraction of sp³-hybridized carbons (Fsp3) is 0.636. The second-order valence-corrected chi connectivity index (χ2v) is 8.14. The second-order valence-electron chi connectivity index (χ2n) is 8.14. The first-order valence-corrected chi connectivity index (χ1v) is 10.1. The Morgan fingerprint density at radius 2 is 1.48 bits per heavy atom. The third-order valence-corrected chi connectivity index (χ3v) is 6.55. The summed E-state index contributed by atoms with van der Waals surface area (Å²) in [7, 11) is 5.05. The molecular weight excluding hydrogens is 340 g/mol. The van der Waals surface area contributed by atoms with Gasteiger partial charge in [0.2, 0.25) is 0 Å². The first-order valence-electron chi connectivity index (χ1n) is 10.1. The van der Waals surface area contributed by atoms with Gasteiger partial charge in [0.1, 0.15) is 5.75 Å². The standard InChI is InChI=1S/C22H32N2O3/c1-25-20-13-22(27-3)21(26-2)12-19(20)15-24-8-6-23(7-9-24)14-18-11-16-4-5-17(18)10-16/h4-5,12-13,16-18H,6-11,14-15H2,1-3H3/t16-,17+,18-/m1/s1. The van der Waals surface area contributed by atoms with Crippen LogP contribution in [0.2, 0.25) is 0 Å². The average Bonchev–Trinajstić information content (AvgIpc) is 3.32. The van der Waals surface area contributed by atoms with E-state index in [2.05, 4.69) is 22.0 Å². The molecule has 0 spiro atoms. The molecule has 3 aliphatic rings. The van der Waals surface area contributed by atoms with E-state index >= 15 is 0 Å². The molecule has 1 heterocycles. The van der Waals surface area contributed by atoms with Gasteiger partial charge in [-0.3, -0.25) is 4.90 Å². The fourth-order valence-electron chi connectivity index (χ4n) is 5.02. The van der Waals surface area contributed by atoms with Crippen LogP contribution in [-0.4, -0.2) is 63.9 Å². The van der Waals surface area contributed by atoms with Crippen LogP contribution in [-0.2, 0) is 6.54 Å². The van der Waals surface area contributed by atoms with Gasteiger partial charge < -0.3 is 19.1 Å². The highest BCUT2D eigenvalue weighted by atomic mass is 16.5. The van der Waals surface area contributed by atoms with Gasteiger partial charge in [-0.15, -0.1) is 0 Å². The molecule has 148 valence electrons. The molecule has 1 aromatic rings. The van der Waals surface area contributed by atoms with Crippen molar-refractivity contribution >= 4 is 0 Å². The molecule has 2 aliphatic carbocycles. The van der Waals surface area contributed by atoms with E-state index in [9.17, 15) is 0 Å². The number of fused-ring (bicyclic) bond motifs is 2. The molecule has 2 fully saturated rings. The van der Waals surface area contributed by atoms with Crippen molar-refractivity contribution in [3.63, 3.8) is 0 Å². The van der Waals surface area contributed by atoms with Crippen molar-refractivity contribution < 1.29 is 14.2 Å². The van der Waals surface area contributed by atoms with Crippen molar-refractivity contribution in [2.75, 3.05) is 54.1 Å². The normalized spacial score (nSPS) is 27.9. The number of hydrogen-bond donors (Lipinski definition) is 0. The maximum atomic E-state index is 5.59. The highest BCUT2D eigenvalue weighted by Gasteiger charge is 2.36. The Bertz CT molecular complexity index is 682. The van der Waals surface area contributed by atoms with Crippen molar-refractivity contribution in [1.29, 1.82) is 0 Å². The van der Waals surface area contributed by atoms with E-state index in [-0.39, 0.29) is 0 Å². The minimum absolute atomic E-state index is 0.711. The van der Waals surface area contributed by atoms with Crippen LogP contribution >= 0.6 is 0 Å². The molecule has 0 radical (unpaired) electrons. The zero-order chi connectivity index (χ0) is 18.8.